The average molecular weight is 504 g/mol. The fourth-order valence-electron chi connectivity index (χ4n) is 8.94. The summed E-state index contributed by atoms with van der Waals surface area (Å²) >= 11 is 0. The lowest BCUT2D eigenvalue weighted by Crippen LogP contribution is -2.58. The van der Waals surface area contributed by atoms with Gasteiger partial charge in [0, 0.05) is 15.7 Å². The van der Waals surface area contributed by atoms with E-state index in [2.05, 4.69) is 13.8 Å². The minimum absolute atomic E-state index is 0.0444. The lowest BCUT2D eigenvalue weighted by atomic mass is 9.43. The van der Waals surface area contributed by atoms with Crippen LogP contribution < -0.4 is 5.32 Å². The smallest absolute Gasteiger partial charge is 0.266 e. The van der Waals surface area contributed by atoms with Crippen molar-refractivity contribution < 1.29 is 33.5 Å². The first-order chi connectivity index (χ1) is 17.4. The van der Waals surface area contributed by atoms with Crippen LogP contribution in [0.3, 0.4) is 0 Å². The molecule has 0 aromatic heterocycles. The summed E-state index contributed by atoms with van der Waals surface area (Å²) in [5.74, 6) is 1.27. The monoisotopic (exact) mass is 503 g/mol. The van der Waals surface area contributed by atoms with Crippen LogP contribution in [0.2, 0.25) is 0 Å². The Morgan fingerprint density at radius 2 is 1.85 bits per heavy atom. The number of amides is 1. The number of aliphatic hydroxyl groups is 2. The Hall–Kier alpha value is -0.700. The summed E-state index contributed by atoms with van der Waals surface area (Å²) in [6, 6.07) is 0. The number of nitrogens with one attached hydrogen (secondary N) is 1. The van der Waals surface area contributed by atoms with E-state index in [4.69, 9.17) is 10.0 Å². The van der Waals surface area contributed by atoms with Crippen molar-refractivity contribution in [2.45, 2.75) is 97.2 Å². The van der Waals surface area contributed by atoms with Crippen molar-refractivity contribution in [1.82, 2.24) is 5.32 Å². The topological polar surface area (TPSA) is 124 Å². The molecule has 4 rings (SSSR count). The molecule has 0 saturated heterocycles. The average Bonchev–Trinajstić information content (AvgIpc) is 3.16. The molecule has 196 valence electrons. The molecule has 10 atom stereocenters. The predicted octanol–water partition coefficient (Wildman–Crippen LogP) is 3.40. The first-order valence-electron chi connectivity index (χ1n) is 15.0. The normalized spacial score (nSPS) is 47.6. The van der Waals surface area contributed by atoms with Crippen molar-refractivity contribution in [3.05, 3.63) is 0 Å². The van der Waals surface area contributed by atoms with Crippen LogP contribution in [0.4, 0.5) is 0 Å². The van der Waals surface area contributed by atoms with Gasteiger partial charge in [-0.05, 0) is 104 Å². The fraction of sp³-hybridized carbons (Fsp3) is 0.962. The van der Waals surface area contributed by atoms with E-state index in [1.807, 2.05) is 12.2 Å². The second-order valence-electron chi connectivity index (χ2n) is 12.2. The Kier molecular flexibility index (Phi) is 6.06. The molecule has 1 amide bonds. The summed E-state index contributed by atoms with van der Waals surface area (Å²) in [6.07, 6.45) is 7.27. The van der Waals surface area contributed by atoms with Crippen molar-refractivity contribution in [1.29, 1.82) is 0 Å². The molecule has 4 aliphatic rings. The van der Waals surface area contributed by atoms with Gasteiger partial charge < -0.3 is 15.5 Å². The van der Waals surface area contributed by atoms with Gasteiger partial charge in [0.1, 0.15) is 0 Å². The maximum Gasteiger partial charge on any atom is 0.266 e. The van der Waals surface area contributed by atoms with E-state index in [0.29, 0.717) is 30.1 Å². The molecule has 0 aromatic carbocycles. The highest BCUT2D eigenvalue weighted by molar-refractivity contribution is 7.85. The van der Waals surface area contributed by atoms with Crippen molar-refractivity contribution in [3.8, 4) is 0 Å². The zero-order valence-electron chi connectivity index (χ0n) is 24.7. The lowest BCUT2D eigenvalue weighted by molar-refractivity contribution is -0.174. The number of hydrogen-bond acceptors (Lipinski definition) is 5. The van der Waals surface area contributed by atoms with E-state index in [1.54, 1.807) is 0 Å². The molecule has 0 heterocycles. The second-order valence-corrected chi connectivity index (χ2v) is 13.3. The number of aliphatic hydroxyl groups excluding tert-OH is 2. The van der Waals surface area contributed by atoms with Gasteiger partial charge in [-0.25, -0.2) is 0 Å². The van der Waals surface area contributed by atoms with Gasteiger partial charge in [0.15, 0.2) is 0 Å². The molecule has 4 aliphatic carbocycles. The highest BCUT2D eigenvalue weighted by atomic mass is 32.2. The molecule has 0 radical (unpaired) electrons. The number of rotatable bonds is 7. The molecule has 0 bridgehead atoms. The van der Waals surface area contributed by atoms with Crippen molar-refractivity contribution in [2.24, 2.45) is 46.3 Å². The van der Waals surface area contributed by atoms with E-state index < -0.39 is 34.3 Å². The van der Waals surface area contributed by atoms with E-state index in [1.165, 1.54) is 0 Å². The van der Waals surface area contributed by atoms with Crippen molar-refractivity contribution in [3.63, 3.8) is 0 Å². The molecule has 0 aliphatic heterocycles. The first kappa shape index (κ1) is 21.4. The van der Waals surface area contributed by atoms with Gasteiger partial charge in [-0.15, -0.1) is 0 Å². The van der Waals surface area contributed by atoms with Crippen LogP contribution in [0.1, 0.15) is 90.5 Å². The van der Waals surface area contributed by atoms with E-state index >= 15 is 0 Å². The number of fused-ring (bicyclic) bond motifs is 5. The third-order valence-corrected chi connectivity index (χ3v) is 11.1. The molecule has 7 nitrogen and oxygen atoms in total. The molecular weight excluding hydrogens is 454 g/mol. The Bertz CT molecular complexity index is 1030. The van der Waals surface area contributed by atoms with Gasteiger partial charge in [0.05, 0.1) is 20.7 Å². The molecule has 0 unspecified atom stereocenters. The summed E-state index contributed by atoms with van der Waals surface area (Å²) in [5, 5.41) is 23.7. The Balaban J connectivity index is 1.42. The number of carbonyl (C=O) groups excluding carboxylic acids is 1. The van der Waals surface area contributed by atoms with Gasteiger partial charge in [-0.1, -0.05) is 20.8 Å². The summed E-state index contributed by atoms with van der Waals surface area (Å²) in [7, 11) is -5.40. The van der Waals surface area contributed by atoms with Gasteiger partial charge in [0.25, 0.3) is 10.1 Å². The van der Waals surface area contributed by atoms with Crippen LogP contribution in [0.5, 0.6) is 0 Å². The van der Waals surface area contributed by atoms with Crippen LogP contribution in [-0.4, -0.2) is 53.5 Å². The van der Waals surface area contributed by atoms with E-state index in [9.17, 15) is 23.4 Å². The molecule has 0 spiro atoms. The Morgan fingerprint density at radius 3 is 2.56 bits per heavy atom. The zero-order valence-corrected chi connectivity index (χ0v) is 21.5. The van der Waals surface area contributed by atoms with Crippen molar-refractivity contribution in [2.75, 3.05) is 12.2 Å². The van der Waals surface area contributed by atoms with Gasteiger partial charge >= 0.3 is 0 Å². The van der Waals surface area contributed by atoms with Crippen LogP contribution in [0.15, 0.2) is 0 Å². The van der Waals surface area contributed by atoms with Gasteiger partial charge in [-0.2, -0.15) is 8.42 Å². The maximum absolute atomic E-state index is 12.5. The van der Waals surface area contributed by atoms with Gasteiger partial charge in [0.2, 0.25) is 5.91 Å². The predicted molar refractivity (Wildman–Crippen MR) is 130 cm³/mol. The summed E-state index contributed by atoms with van der Waals surface area (Å²) < 4.78 is 61.9. The van der Waals surface area contributed by atoms with Crippen LogP contribution in [-0.2, 0) is 14.9 Å². The van der Waals surface area contributed by atoms with E-state index in [-0.39, 0.29) is 35.2 Å². The third-order valence-electron chi connectivity index (χ3n) is 10.7. The molecule has 4 fully saturated rings. The number of hydrogen-bond donors (Lipinski definition) is 4. The molecule has 8 heteroatoms. The van der Waals surface area contributed by atoms with Gasteiger partial charge in [-0.3, -0.25) is 9.35 Å². The summed E-state index contributed by atoms with van der Waals surface area (Å²) in [4.78, 5) is 12.5. The second kappa shape index (κ2) is 9.64. The maximum atomic E-state index is 12.5. The quantitative estimate of drug-likeness (QED) is 0.395. The Morgan fingerprint density at radius 1 is 1.12 bits per heavy atom. The van der Waals surface area contributed by atoms with Crippen LogP contribution in [0.25, 0.3) is 0 Å². The minimum Gasteiger partial charge on any atom is -0.393 e. The minimum atomic E-state index is -5.40. The van der Waals surface area contributed by atoms with Crippen LogP contribution in [0, 0.1) is 46.3 Å². The third kappa shape index (κ3) is 4.81. The standard InChI is InChI=1S/C26H45NO6S/c1-16(4-9-24(30)27-12-13-34(31,32)33)20-7-8-21-19-6-5-17-14-18(28)10-11-25(17,2)22(19)15-23(29)26(20,21)3/h16-23,28-29H,4-15H2,1-3H3,(H,27,30)(H,31,32,33)/t16-,17-,18-,19+,20-,21+,22+,23+,25+,26-/m1/s1/i12D2,13D2. The lowest BCUT2D eigenvalue weighted by Gasteiger charge is -2.62. The largest absolute Gasteiger partial charge is 0.393 e. The SMILES string of the molecule is [2H]C([2H])(NC(=O)CC[C@@H](C)[C@H]1CC[C@H]2[C@@H]3CC[C@@H]4C[C@H](O)CC[C@]4(C)[C@H]3C[C@H](O)[C@]12C)C([2H])([2H])S(=O)(=O)O. The number of carbonyl (C=O) groups is 1. The Labute approximate surface area is 210 Å². The first-order valence-corrected chi connectivity index (χ1v) is 14.4. The summed E-state index contributed by atoms with van der Waals surface area (Å²) in [5.41, 5.74) is -3.83. The van der Waals surface area contributed by atoms with E-state index in [0.717, 1.165) is 51.4 Å². The highest BCUT2D eigenvalue weighted by Crippen LogP contribution is 2.68. The molecule has 0 aromatic rings. The zero-order chi connectivity index (χ0) is 28.5. The van der Waals surface area contributed by atoms with Crippen LogP contribution >= 0.6 is 0 Å². The van der Waals surface area contributed by atoms with Crippen molar-refractivity contribution >= 4 is 16.0 Å². The molecule has 34 heavy (non-hydrogen) atoms. The molecule has 4 saturated carbocycles. The highest BCUT2D eigenvalue weighted by Gasteiger charge is 2.63. The fourth-order valence-corrected chi connectivity index (χ4v) is 9.12. The summed E-state index contributed by atoms with van der Waals surface area (Å²) in [6.45, 7) is 3.32. The molecule has 4 N–H and O–H groups in total. The molecular formula is C26H45NO6S.